The van der Waals surface area contributed by atoms with E-state index in [0.717, 1.165) is 28.6 Å². The number of nitrogens with one attached hydrogen (secondary N) is 1. The quantitative estimate of drug-likeness (QED) is 0.0172. The Morgan fingerprint density at radius 1 is 0.457 bits per heavy atom. The van der Waals surface area contributed by atoms with Gasteiger partial charge < -0.3 is 53.8 Å². The summed E-state index contributed by atoms with van der Waals surface area (Å²) in [7, 11) is 5.96. The average molecular weight is 1270 g/mol. The molecule has 0 aliphatic heterocycles. The second kappa shape index (κ2) is 45.9. The molecule has 94 heavy (non-hydrogen) atoms. The highest BCUT2D eigenvalue weighted by Crippen LogP contribution is 2.30. The number of anilines is 1. The molecule has 0 radical (unpaired) electrons. The van der Waals surface area contributed by atoms with Gasteiger partial charge in [-0.2, -0.15) is 41.9 Å². The number of nitriles is 7. The normalized spacial score (nSPS) is 8.94. The van der Waals surface area contributed by atoms with Crippen LogP contribution in [-0.4, -0.2) is 61.3 Å². The number of carbonyl (C=O) groups is 1. The molecular formula is C71H68N12O11. The maximum Gasteiger partial charge on any atom is 0.335 e. The zero-order valence-electron chi connectivity index (χ0n) is 49.9. The van der Waals surface area contributed by atoms with E-state index in [9.17, 15) is 9.90 Å². The number of rotatable bonds is 16. The summed E-state index contributed by atoms with van der Waals surface area (Å²) in [5, 5.41) is 84.6. The van der Waals surface area contributed by atoms with Crippen molar-refractivity contribution in [2.24, 2.45) is 11.7 Å². The van der Waals surface area contributed by atoms with Gasteiger partial charge >= 0.3 is 5.97 Å². The Morgan fingerprint density at radius 2 is 0.766 bits per heavy atom. The average Bonchev–Trinajstić information content (AvgIpc) is 1.65. The number of benzene rings is 8. The molecule has 1 heterocycles. The molecule has 0 aliphatic rings. The molecule has 478 valence electrons. The van der Waals surface area contributed by atoms with Crippen LogP contribution in [0.2, 0.25) is 0 Å². The van der Waals surface area contributed by atoms with Crippen LogP contribution in [0.25, 0.3) is 22.8 Å². The summed E-state index contributed by atoms with van der Waals surface area (Å²) in [6.45, 7) is -0.514. The lowest BCUT2D eigenvalue weighted by atomic mass is 10.1. The highest BCUT2D eigenvalue weighted by Gasteiger charge is 2.14. The molecule has 23 nitrogen and oxygen atoms in total. The van der Waals surface area contributed by atoms with Crippen LogP contribution in [0, 0.1) is 79.3 Å². The minimum Gasteiger partial charge on any atom is -0.505 e. The lowest BCUT2D eigenvalue weighted by molar-refractivity contribution is -0.252. The molecule has 0 spiro atoms. The number of ether oxygens (including phenoxy) is 8. The van der Waals surface area contributed by atoms with Gasteiger partial charge in [0.15, 0.2) is 28.5 Å². The summed E-state index contributed by atoms with van der Waals surface area (Å²) in [6.07, 6.45) is 0. The molecule has 0 saturated heterocycles. The molecule has 0 saturated carbocycles. The van der Waals surface area contributed by atoms with E-state index >= 15 is 0 Å². The topological polar surface area (TPSA) is 405 Å². The number of allylic oxidation sites excluding steroid dienone is 2. The predicted molar refractivity (Wildman–Crippen MR) is 354 cm³/mol. The number of hydrogen-bond acceptors (Lipinski definition) is 21. The van der Waals surface area contributed by atoms with Gasteiger partial charge in [-0.25, -0.2) is 4.79 Å². The van der Waals surface area contributed by atoms with E-state index < -0.39 is 12.4 Å². The van der Waals surface area contributed by atoms with Crippen LogP contribution in [0.1, 0.15) is 48.3 Å². The molecule has 0 atom stereocenters. The first-order valence-electron chi connectivity index (χ1n) is 26.6. The maximum absolute atomic E-state index is 10.6. The number of aromatic nitrogens is 2. The number of nitrogens with zero attached hydrogens (tertiary/aromatic N) is 8. The zero-order chi connectivity index (χ0) is 67.3. The van der Waals surface area contributed by atoms with E-state index in [2.05, 4.69) is 36.1 Å². The number of carboxylic acid groups (broad SMARTS) is 1. The number of hydrazine groups is 1. The molecule has 8 aromatic carbocycles. The van der Waals surface area contributed by atoms with Crippen molar-refractivity contribution in [1.82, 2.24) is 10.2 Å². The van der Waals surface area contributed by atoms with Crippen LogP contribution < -0.4 is 36.4 Å². The van der Waals surface area contributed by atoms with Crippen LogP contribution in [-0.2, 0) is 18.9 Å². The fraction of sp³-hybridized carbons (Fsp3) is 0.113. The van der Waals surface area contributed by atoms with Crippen molar-refractivity contribution >= 4 is 23.3 Å². The Kier molecular flexibility index (Phi) is 38.5. The first-order chi connectivity index (χ1) is 44.8. The fourth-order valence-corrected chi connectivity index (χ4v) is 6.98. The molecular weight excluding hydrogens is 1200 g/mol. The smallest absolute Gasteiger partial charge is 0.335 e. The number of nitrogens with two attached hydrogens (primary N) is 3. The summed E-state index contributed by atoms with van der Waals surface area (Å²) in [4.78, 5) is 10.6. The van der Waals surface area contributed by atoms with Gasteiger partial charge in [0.25, 0.3) is 6.48 Å². The van der Waals surface area contributed by atoms with Crippen molar-refractivity contribution in [2.45, 2.75) is 27.8 Å². The van der Waals surface area contributed by atoms with Gasteiger partial charge in [-0.15, -0.1) is 0 Å². The molecule has 0 fully saturated rings. The number of nitrogen functional groups attached to an aromatic ring is 1. The summed E-state index contributed by atoms with van der Waals surface area (Å²) >= 11 is 0. The number of aliphatic hydroxyl groups is 1. The third-order valence-electron chi connectivity index (χ3n) is 11.2. The first kappa shape index (κ1) is 78.8. The lowest BCUT2D eigenvalue weighted by Crippen LogP contribution is -2.14. The minimum absolute atomic E-state index is 0. The van der Waals surface area contributed by atoms with Crippen LogP contribution in [0.3, 0.4) is 0 Å². The monoisotopic (exact) mass is 1260 g/mol. The summed E-state index contributed by atoms with van der Waals surface area (Å²) in [5.41, 5.74) is 8.34. The van der Waals surface area contributed by atoms with Crippen molar-refractivity contribution in [3.8, 4) is 99.7 Å². The molecule has 9 N–H and O–H groups in total. The van der Waals surface area contributed by atoms with E-state index in [-0.39, 0.29) is 55.3 Å². The standard InChI is InChI=1S/C17H12N2O2.C16H12N4O.C16H10N2O2.C13H10O3.C4H10O3.C3H2N2.2CH4.H4N2/c1-20-17(14(11-18)12-19)13-7-9-16(10-8-13)21-15-5-3-2-4-6-15;17-10-14-15(19-20-16(14)18)11-6-8-13(9-7-11)21-12-4-2-1-3-5-12;17-10-13(11-18)16(19)12-6-8-15(9-7-12)20-14-4-2-1-3-5-14;14-13(15)10-6-8-12(9-7-10)16-11-4-2-1-3-5-11;1-5-4(6-2)7-3;4-2-1-3-5;;;1-2/h2-10H,1H3;1-9H,(H3,18,19,20);1-9,19H;1-9H,(H,14,15);4H,1-3H3;1H2;2*1H4;1-2H2. The predicted octanol–water partition coefficient (Wildman–Crippen LogP) is 14.9. The molecule has 0 aliphatic carbocycles. The Morgan fingerprint density at radius 3 is 1.03 bits per heavy atom. The second-order valence-electron chi connectivity index (χ2n) is 17.1. The largest absolute Gasteiger partial charge is 0.505 e. The molecule has 1 aromatic heterocycles. The van der Waals surface area contributed by atoms with E-state index in [1.807, 2.05) is 164 Å². The van der Waals surface area contributed by atoms with Gasteiger partial charge in [-0.1, -0.05) is 87.6 Å². The summed E-state index contributed by atoms with van der Waals surface area (Å²) < 4.78 is 41.5. The van der Waals surface area contributed by atoms with Crippen molar-refractivity contribution in [3.63, 3.8) is 0 Å². The first-order valence-corrected chi connectivity index (χ1v) is 26.6. The Balaban J connectivity index is 0.000000584. The second-order valence-corrected chi connectivity index (χ2v) is 17.1. The van der Waals surface area contributed by atoms with Gasteiger partial charge in [0.1, 0.15) is 88.3 Å². The lowest BCUT2D eigenvalue weighted by Gasteiger charge is -2.08. The number of H-pyrrole nitrogens is 1. The number of methoxy groups -OCH3 is 4. The third kappa shape index (κ3) is 27.4. The van der Waals surface area contributed by atoms with Crippen LogP contribution in [0.15, 0.2) is 230 Å². The van der Waals surface area contributed by atoms with E-state index in [4.69, 9.17) is 71.4 Å². The number of para-hydroxylation sites is 4. The Bertz CT molecular complexity index is 3980. The van der Waals surface area contributed by atoms with Crippen LogP contribution >= 0.6 is 0 Å². The van der Waals surface area contributed by atoms with Crippen LogP contribution in [0.5, 0.6) is 46.0 Å². The number of carboxylic acids is 1. The Hall–Kier alpha value is -13.3. The third-order valence-corrected chi connectivity index (χ3v) is 11.2. The molecule has 9 rings (SSSR count). The number of aromatic carboxylic acids is 1. The molecule has 9 aromatic rings. The molecule has 0 amide bonds. The summed E-state index contributed by atoms with van der Waals surface area (Å²) in [6, 6.07) is 77.0. The van der Waals surface area contributed by atoms with Gasteiger partial charge in [0, 0.05) is 38.0 Å². The number of aliphatic hydroxyl groups excluding tert-OH is 1. The minimum atomic E-state index is -0.939. The van der Waals surface area contributed by atoms with Crippen LogP contribution in [0.4, 0.5) is 5.82 Å². The van der Waals surface area contributed by atoms with Gasteiger partial charge in [-0.05, 0) is 146 Å². The molecule has 0 bridgehead atoms. The molecule has 23 heteroatoms. The van der Waals surface area contributed by atoms with Crippen molar-refractivity contribution < 1.29 is 52.9 Å². The Labute approximate surface area is 546 Å². The maximum atomic E-state index is 10.6. The van der Waals surface area contributed by atoms with E-state index in [1.54, 1.807) is 84.9 Å². The number of aromatic amines is 1. The fourth-order valence-electron chi connectivity index (χ4n) is 6.98. The van der Waals surface area contributed by atoms with Crippen molar-refractivity contribution in [3.05, 3.63) is 252 Å². The SMILES string of the molecule is C.C.COC(=C(C#N)C#N)c1ccc(Oc2ccccc2)cc1.COC(OC)OC.N#CC(C#N)=C(O)c1ccc(Oc2ccccc2)cc1.N#CCC#N.N#Cc1c(N)n[nH]c1-c1ccc(Oc2ccccc2)cc1.NN.O=C(O)c1ccc(Oc2ccccc2)cc1. The zero-order valence-corrected chi connectivity index (χ0v) is 49.9. The highest BCUT2D eigenvalue weighted by molar-refractivity contribution is 5.87. The van der Waals surface area contributed by atoms with Crippen molar-refractivity contribution in [1.29, 1.82) is 36.8 Å². The van der Waals surface area contributed by atoms with Gasteiger partial charge in [-0.3, -0.25) is 16.8 Å². The van der Waals surface area contributed by atoms with Gasteiger partial charge in [0.2, 0.25) is 0 Å². The molecule has 0 unspecified atom stereocenters. The highest BCUT2D eigenvalue weighted by atomic mass is 16.8. The van der Waals surface area contributed by atoms with Gasteiger partial charge in [0.05, 0.1) is 30.5 Å². The van der Waals surface area contributed by atoms with Crippen molar-refractivity contribution in [2.75, 3.05) is 34.2 Å². The van der Waals surface area contributed by atoms with E-state index in [0.29, 0.717) is 45.4 Å². The summed E-state index contributed by atoms with van der Waals surface area (Å²) in [5.74, 6) is 12.7. The number of hydrogen-bond donors (Lipinski definition) is 6. The van der Waals surface area contributed by atoms with E-state index in [1.165, 1.54) is 40.6 Å².